The van der Waals surface area contributed by atoms with Crippen LogP contribution in [0.5, 0.6) is 0 Å². The van der Waals surface area contributed by atoms with Crippen LogP contribution < -0.4 is 0 Å². The van der Waals surface area contributed by atoms with Gasteiger partial charge < -0.3 is 4.90 Å². The van der Waals surface area contributed by atoms with E-state index in [1.807, 2.05) is 41.6 Å². The van der Waals surface area contributed by atoms with Crippen LogP contribution in [0.4, 0.5) is 0 Å². The van der Waals surface area contributed by atoms with Crippen LogP contribution >= 0.6 is 0 Å². The smallest absolute Gasteiger partial charge is 0.222 e. The van der Waals surface area contributed by atoms with Gasteiger partial charge in [-0.05, 0) is 37.0 Å². The van der Waals surface area contributed by atoms with Gasteiger partial charge in [-0.3, -0.25) is 9.36 Å². The van der Waals surface area contributed by atoms with E-state index in [0.29, 0.717) is 12.3 Å². The number of carbonyl (C=O) groups is 1. The summed E-state index contributed by atoms with van der Waals surface area (Å²) < 4.78 is 2.06. The Morgan fingerprint density at radius 3 is 2.62 bits per heavy atom. The lowest BCUT2D eigenvalue weighted by Crippen LogP contribution is -2.38. The number of nitrogens with zero attached hydrogens (tertiary/aromatic N) is 4. The van der Waals surface area contributed by atoms with Crippen LogP contribution in [0.15, 0.2) is 60.9 Å². The van der Waals surface area contributed by atoms with Gasteiger partial charge in [0.05, 0.1) is 0 Å². The van der Waals surface area contributed by atoms with E-state index in [-0.39, 0.29) is 5.91 Å². The molecule has 0 spiro atoms. The van der Waals surface area contributed by atoms with Crippen molar-refractivity contribution in [2.45, 2.75) is 44.9 Å². The van der Waals surface area contributed by atoms with E-state index in [9.17, 15) is 4.79 Å². The number of carbonyl (C=O) groups excluding carboxylic acids is 1. The van der Waals surface area contributed by atoms with Crippen molar-refractivity contribution in [2.24, 2.45) is 0 Å². The number of hydrogen-bond donors (Lipinski definition) is 0. The predicted octanol–water partition coefficient (Wildman–Crippen LogP) is 4.17. The Hall–Kier alpha value is -2.95. The van der Waals surface area contributed by atoms with Crippen molar-refractivity contribution in [1.29, 1.82) is 0 Å². The fourth-order valence-electron chi connectivity index (χ4n) is 4.08. The second-order valence-corrected chi connectivity index (χ2v) is 7.63. The van der Waals surface area contributed by atoms with Gasteiger partial charge >= 0.3 is 0 Å². The third-order valence-electron chi connectivity index (χ3n) is 5.77. The largest absolute Gasteiger partial charge is 0.343 e. The van der Waals surface area contributed by atoms with E-state index in [0.717, 1.165) is 56.1 Å². The molecular weight excluding hydrogens is 360 g/mol. The van der Waals surface area contributed by atoms with Crippen molar-refractivity contribution in [2.75, 3.05) is 13.1 Å². The lowest BCUT2D eigenvalue weighted by Gasteiger charge is -2.32. The van der Waals surface area contributed by atoms with Gasteiger partial charge in [-0.15, -0.1) is 0 Å². The van der Waals surface area contributed by atoms with Crippen LogP contribution in [-0.4, -0.2) is 38.4 Å². The summed E-state index contributed by atoms with van der Waals surface area (Å²) in [5.41, 5.74) is 2.34. The highest BCUT2D eigenvalue weighted by atomic mass is 16.2. The van der Waals surface area contributed by atoms with Gasteiger partial charge in [0.25, 0.3) is 0 Å². The van der Waals surface area contributed by atoms with E-state index in [4.69, 9.17) is 4.98 Å². The zero-order chi connectivity index (χ0) is 20.1. The predicted molar refractivity (Wildman–Crippen MR) is 114 cm³/mol. The maximum Gasteiger partial charge on any atom is 0.222 e. The highest BCUT2D eigenvalue weighted by Crippen LogP contribution is 2.28. The number of piperidine rings is 1. The summed E-state index contributed by atoms with van der Waals surface area (Å²) in [7, 11) is 0. The molecule has 1 fully saturated rings. The Kier molecular flexibility index (Phi) is 6.03. The fourth-order valence-corrected chi connectivity index (χ4v) is 4.08. The van der Waals surface area contributed by atoms with Crippen LogP contribution in [0.2, 0.25) is 0 Å². The molecule has 4 rings (SSSR count). The SMILES string of the molecule is CCc1nccn1-c1cccc(C2CCN(C(=O)CCc3ccccc3)CC2)n1. The maximum absolute atomic E-state index is 12.6. The first-order valence-electron chi connectivity index (χ1n) is 10.6. The molecular formula is C24H28N4O. The Balaban J connectivity index is 1.35. The van der Waals surface area contributed by atoms with Gasteiger partial charge in [-0.1, -0.05) is 43.3 Å². The first kappa shape index (κ1) is 19.4. The molecule has 0 atom stereocenters. The molecule has 0 saturated carbocycles. The minimum Gasteiger partial charge on any atom is -0.343 e. The maximum atomic E-state index is 12.6. The summed E-state index contributed by atoms with van der Waals surface area (Å²) in [5.74, 6) is 2.62. The quantitative estimate of drug-likeness (QED) is 0.637. The average Bonchev–Trinajstić information content (AvgIpc) is 3.27. The molecule has 1 aliphatic heterocycles. The first-order valence-corrected chi connectivity index (χ1v) is 10.6. The molecule has 5 nitrogen and oxygen atoms in total. The van der Waals surface area contributed by atoms with Gasteiger partial charge in [-0.2, -0.15) is 0 Å². The standard InChI is InChI=1S/C24H28N4O/c1-2-22-25-15-18-28(22)23-10-6-9-21(26-23)20-13-16-27(17-14-20)24(29)12-11-19-7-4-3-5-8-19/h3-10,15,18,20H,2,11-14,16-17H2,1H3. The van der Waals surface area contributed by atoms with E-state index in [1.165, 1.54) is 5.56 Å². The summed E-state index contributed by atoms with van der Waals surface area (Å²) in [6, 6.07) is 16.5. The summed E-state index contributed by atoms with van der Waals surface area (Å²) >= 11 is 0. The molecule has 1 amide bonds. The van der Waals surface area contributed by atoms with Crippen molar-refractivity contribution < 1.29 is 4.79 Å². The van der Waals surface area contributed by atoms with Crippen LogP contribution in [0, 0.1) is 0 Å². The average molecular weight is 389 g/mol. The summed E-state index contributed by atoms with van der Waals surface area (Å²) in [6.45, 7) is 3.73. The third-order valence-corrected chi connectivity index (χ3v) is 5.77. The number of imidazole rings is 1. The molecule has 3 heterocycles. The van der Waals surface area contributed by atoms with E-state index < -0.39 is 0 Å². The normalized spacial score (nSPS) is 14.9. The summed E-state index contributed by atoms with van der Waals surface area (Å²) in [5, 5.41) is 0. The van der Waals surface area contributed by atoms with Gasteiger partial charge in [-0.25, -0.2) is 9.97 Å². The zero-order valence-electron chi connectivity index (χ0n) is 17.0. The Morgan fingerprint density at radius 2 is 1.86 bits per heavy atom. The Bertz CT molecular complexity index is 942. The summed E-state index contributed by atoms with van der Waals surface area (Å²) in [4.78, 5) is 23.9. The number of likely N-dealkylation sites (tertiary alicyclic amines) is 1. The summed E-state index contributed by atoms with van der Waals surface area (Å²) in [6.07, 6.45) is 8.01. The van der Waals surface area contributed by atoms with Crippen molar-refractivity contribution in [3.05, 3.63) is 78.0 Å². The van der Waals surface area contributed by atoms with Crippen molar-refractivity contribution in [1.82, 2.24) is 19.4 Å². The molecule has 0 unspecified atom stereocenters. The molecule has 1 saturated heterocycles. The molecule has 1 aliphatic rings. The lowest BCUT2D eigenvalue weighted by molar-refractivity contribution is -0.132. The Labute approximate surface area is 172 Å². The molecule has 3 aromatic rings. The van der Waals surface area contributed by atoms with Gasteiger partial charge in [0.2, 0.25) is 5.91 Å². The van der Waals surface area contributed by atoms with E-state index in [2.05, 4.69) is 40.7 Å². The number of pyridine rings is 1. The molecule has 2 aromatic heterocycles. The first-order chi connectivity index (χ1) is 14.2. The van der Waals surface area contributed by atoms with Crippen LogP contribution in [0.3, 0.4) is 0 Å². The number of aromatic nitrogens is 3. The van der Waals surface area contributed by atoms with Gasteiger partial charge in [0.1, 0.15) is 11.6 Å². The second-order valence-electron chi connectivity index (χ2n) is 7.63. The zero-order valence-corrected chi connectivity index (χ0v) is 17.0. The highest BCUT2D eigenvalue weighted by Gasteiger charge is 2.24. The minimum atomic E-state index is 0.264. The molecule has 5 heteroatoms. The van der Waals surface area contributed by atoms with Crippen molar-refractivity contribution in [3.8, 4) is 5.82 Å². The van der Waals surface area contributed by atoms with Crippen LogP contribution in [0.1, 0.15) is 49.2 Å². The third kappa shape index (κ3) is 4.56. The number of hydrogen-bond acceptors (Lipinski definition) is 3. The van der Waals surface area contributed by atoms with Gasteiger partial charge in [0.15, 0.2) is 0 Å². The van der Waals surface area contributed by atoms with Crippen LogP contribution in [-0.2, 0) is 17.6 Å². The monoisotopic (exact) mass is 388 g/mol. The molecule has 1 aromatic carbocycles. The topological polar surface area (TPSA) is 51.0 Å². The Morgan fingerprint density at radius 1 is 1.07 bits per heavy atom. The van der Waals surface area contributed by atoms with Gasteiger partial charge in [0, 0.05) is 49.9 Å². The molecule has 0 N–H and O–H groups in total. The molecule has 150 valence electrons. The molecule has 0 radical (unpaired) electrons. The lowest BCUT2D eigenvalue weighted by atomic mass is 9.92. The fraction of sp³-hybridized carbons (Fsp3) is 0.375. The van der Waals surface area contributed by atoms with Crippen molar-refractivity contribution >= 4 is 5.91 Å². The molecule has 0 aliphatic carbocycles. The number of amides is 1. The highest BCUT2D eigenvalue weighted by molar-refractivity contribution is 5.76. The molecule has 29 heavy (non-hydrogen) atoms. The number of benzene rings is 1. The second kappa shape index (κ2) is 9.03. The number of aryl methyl sites for hydroxylation is 2. The van der Waals surface area contributed by atoms with E-state index >= 15 is 0 Å². The van der Waals surface area contributed by atoms with E-state index in [1.54, 1.807) is 0 Å². The molecule has 0 bridgehead atoms. The minimum absolute atomic E-state index is 0.264. The number of rotatable bonds is 6. The van der Waals surface area contributed by atoms with Crippen molar-refractivity contribution in [3.63, 3.8) is 0 Å². The van der Waals surface area contributed by atoms with Crippen LogP contribution in [0.25, 0.3) is 5.82 Å².